The highest BCUT2D eigenvalue weighted by Gasteiger charge is 2.30. The quantitative estimate of drug-likeness (QED) is 0.859. The van der Waals surface area contributed by atoms with Crippen LogP contribution in [-0.4, -0.2) is 4.98 Å². The summed E-state index contributed by atoms with van der Waals surface area (Å²) in [5.74, 6) is 0. The molecule has 0 fully saturated rings. The Bertz CT molecular complexity index is 582. The predicted octanol–water partition coefficient (Wildman–Crippen LogP) is 4.11. The summed E-state index contributed by atoms with van der Waals surface area (Å²) in [5, 5.41) is 0. The molecule has 2 nitrogen and oxygen atoms in total. The van der Waals surface area contributed by atoms with Crippen LogP contribution in [0.15, 0.2) is 41.0 Å². The monoisotopic (exact) mass is 316 g/mol. The van der Waals surface area contributed by atoms with Crippen LogP contribution in [0.2, 0.25) is 0 Å². The van der Waals surface area contributed by atoms with Crippen molar-refractivity contribution < 1.29 is 13.2 Å². The van der Waals surface area contributed by atoms with Gasteiger partial charge in [-0.3, -0.25) is 4.98 Å². The summed E-state index contributed by atoms with van der Waals surface area (Å²) in [6, 6.07) is 6.54. The number of halogens is 4. The van der Waals surface area contributed by atoms with Crippen molar-refractivity contribution in [2.45, 2.75) is 6.18 Å². The normalized spacial score (nSPS) is 11.6. The summed E-state index contributed by atoms with van der Waals surface area (Å²) < 4.78 is 38.3. The minimum absolute atomic E-state index is 0.365. The Morgan fingerprint density at radius 1 is 1.17 bits per heavy atom. The van der Waals surface area contributed by atoms with E-state index in [-0.39, 0.29) is 0 Å². The molecule has 0 aliphatic heterocycles. The first kappa shape index (κ1) is 12.9. The third kappa shape index (κ3) is 2.48. The highest BCUT2D eigenvalue weighted by atomic mass is 79.9. The Kier molecular flexibility index (Phi) is 3.30. The van der Waals surface area contributed by atoms with Crippen LogP contribution >= 0.6 is 15.9 Å². The number of anilines is 1. The van der Waals surface area contributed by atoms with Gasteiger partial charge in [-0.2, -0.15) is 13.2 Å². The summed E-state index contributed by atoms with van der Waals surface area (Å²) in [7, 11) is 0. The number of hydrogen-bond donors (Lipinski definition) is 1. The van der Waals surface area contributed by atoms with E-state index < -0.39 is 11.7 Å². The topological polar surface area (TPSA) is 38.9 Å². The molecule has 0 unspecified atom stereocenters. The summed E-state index contributed by atoms with van der Waals surface area (Å²) in [6.45, 7) is 0. The molecule has 18 heavy (non-hydrogen) atoms. The van der Waals surface area contributed by atoms with E-state index in [9.17, 15) is 13.2 Å². The second-order valence-corrected chi connectivity index (χ2v) is 4.43. The van der Waals surface area contributed by atoms with E-state index in [2.05, 4.69) is 20.9 Å². The van der Waals surface area contributed by atoms with Crippen LogP contribution in [0.25, 0.3) is 11.3 Å². The molecule has 1 aromatic carbocycles. The molecule has 0 radical (unpaired) electrons. The first-order chi connectivity index (χ1) is 8.39. The van der Waals surface area contributed by atoms with Gasteiger partial charge in [-0.05, 0) is 34.1 Å². The van der Waals surface area contributed by atoms with Crippen LogP contribution in [0.1, 0.15) is 5.56 Å². The molecule has 0 saturated heterocycles. The fourth-order valence-corrected chi connectivity index (χ4v) is 1.97. The predicted molar refractivity (Wildman–Crippen MR) is 66.8 cm³/mol. The van der Waals surface area contributed by atoms with E-state index in [0.29, 0.717) is 21.4 Å². The maximum absolute atomic E-state index is 12.6. The average Bonchev–Trinajstić information content (AvgIpc) is 2.32. The molecule has 6 heteroatoms. The van der Waals surface area contributed by atoms with Crippen LogP contribution in [-0.2, 0) is 6.18 Å². The van der Waals surface area contributed by atoms with Gasteiger partial charge in [-0.1, -0.05) is 12.1 Å². The Labute approximate surface area is 110 Å². The van der Waals surface area contributed by atoms with Crippen LogP contribution in [0.3, 0.4) is 0 Å². The van der Waals surface area contributed by atoms with Gasteiger partial charge in [0.1, 0.15) is 0 Å². The van der Waals surface area contributed by atoms with Crippen LogP contribution in [0, 0.1) is 0 Å². The van der Waals surface area contributed by atoms with Gasteiger partial charge in [-0.25, -0.2) is 0 Å². The van der Waals surface area contributed by atoms with Gasteiger partial charge in [0.15, 0.2) is 0 Å². The molecule has 0 bridgehead atoms. The summed E-state index contributed by atoms with van der Waals surface area (Å²) in [5.41, 5.74) is 6.14. The molecule has 94 valence electrons. The summed E-state index contributed by atoms with van der Waals surface area (Å²) >= 11 is 3.22. The molecule has 0 aliphatic carbocycles. The van der Waals surface area contributed by atoms with Crippen LogP contribution in [0.4, 0.5) is 18.9 Å². The molecular weight excluding hydrogens is 309 g/mol. The first-order valence-electron chi connectivity index (χ1n) is 4.97. The van der Waals surface area contributed by atoms with Gasteiger partial charge < -0.3 is 5.73 Å². The van der Waals surface area contributed by atoms with Crippen molar-refractivity contribution in [1.82, 2.24) is 4.98 Å². The Morgan fingerprint density at radius 2 is 1.89 bits per heavy atom. The molecule has 0 aliphatic rings. The third-order valence-electron chi connectivity index (χ3n) is 2.38. The zero-order valence-corrected chi connectivity index (χ0v) is 10.6. The summed E-state index contributed by atoms with van der Waals surface area (Å²) in [6.07, 6.45) is -2.92. The minimum Gasteiger partial charge on any atom is -0.398 e. The van der Waals surface area contributed by atoms with Crippen LogP contribution < -0.4 is 5.73 Å². The molecule has 0 atom stereocenters. The second kappa shape index (κ2) is 4.61. The number of alkyl halides is 3. The van der Waals surface area contributed by atoms with E-state index in [1.54, 1.807) is 12.1 Å². The van der Waals surface area contributed by atoms with Crippen molar-refractivity contribution in [3.8, 4) is 11.3 Å². The number of benzene rings is 1. The molecule has 2 rings (SSSR count). The van der Waals surface area contributed by atoms with E-state index >= 15 is 0 Å². The molecule has 0 spiro atoms. The lowest BCUT2D eigenvalue weighted by Gasteiger charge is -2.10. The number of hydrogen-bond acceptors (Lipinski definition) is 2. The average molecular weight is 317 g/mol. The molecule has 1 heterocycles. The van der Waals surface area contributed by atoms with E-state index in [1.165, 1.54) is 12.3 Å². The highest BCUT2D eigenvalue weighted by Crippen LogP contribution is 2.35. The SMILES string of the molecule is Nc1ccnc(-c2cccc(C(F)(F)F)c2)c1Br. The van der Waals surface area contributed by atoms with E-state index in [1.807, 2.05) is 0 Å². The maximum Gasteiger partial charge on any atom is 0.416 e. The van der Waals surface area contributed by atoms with Crippen LogP contribution in [0.5, 0.6) is 0 Å². The third-order valence-corrected chi connectivity index (χ3v) is 3.22. The van der Waals surface area contributed by atoms with Gasteiger partial charge in [0.05, 0.1) is 15.7 Å². The van der Waals surface area contributed by atoms with Crippen molar-refractivity contribution in [3.63, 3.8) is 0 Å². The van der Waals surface area contributed by atoms with Gasteiger partial charge in [0.25, 0.3) is 0 Å². The standard InChI is InChI=1S/C12H8BrF3N2/c13-10-9(17)4-5-18-11(10)7-2-1-3-8(6-7)12(14,15)16/h1-6H,(H2,17,18). The number of nitrogen functional groups attached to an aromatic ring is 1. The molecule has 0 amide bonds. The number of aromatic nitrogens is 1. The Morgan fingerprint density at radius 3 is 2.56 bits per heavy atom. The Hall–Kier alpha value is -1.56. The number of pyridine rings is 1. The molecule has 0 saturated carbocycles. The van der Waals surface area contributed by atoms with Crippen molar-refractivity contribution >= 4 is 21.6 Å². The molecule has 2 N–H and O–H groups in total. The minimum atomic E-state index is -4.37. The highest BCUT2D eigenvalue weighted by molar-refractivity contribution is 9.10. The fourth-order valence-electron chi connectivity index (χ4n) is 1.50. The second-order valence-electron chi connectivity index (χ2n) is 3.64. The smallest absolute Gasteiger partial charge is 0.398 e. The number of rotatable bonds is 1. The van der Waals surface area contributed by atoms with Crippen molar-refractivity contribution in [3.05, 3.63) is 46.6 Å². The zero-order chi connectivity index (χ0) is 13.3. The van der Waals surface area contributed by atoms with Crippen molar-refractivity contribution in [2.24, 2.45) is 0 Å². The van der Waals surface area contributed by atoms with Gasteiger partial charge >= 0.3 is 6.18 Å². The fraction of sp³-hybridized carbons (Fsp3) is 0.0833. The van der Waals surface area contributed by atoms with Crippen molar-refractivity contribution in [2.75, 3.05) is 5.73 Å². The lowest BCUT2D eigenvalue weighted by atomic mass is 10.1. The number of nitrogens with zero attached hydrogens (tertiary/aromatic N) is 1. The Balaban J connectivity index is 2.55. The van der Waals surface area contributed by atoms with Gasteiger partial charge in [0.2, 0.25) is 0 Å². The van der Waals surface area contributed by atoms with Crippen molar-refractivity contribution in [1.29, 1.82) is 0 Å². The van der Waals surface area contributed by atoms with E-state index in [4.69, 9.17) is 5.73 Å². The van der Waals surface area contributed by atoms with E-state index in [0.717, 1.165) is 12.1 Å². The summed E-state index contributed by atoms with van der Waals surface area (Å²) in [4.78, 5) is 4.04. The lowest BCUT2D eigenvalue weighted by Crippen LogP contribution is -2.04. The maximum atomic E-state index is 12.6. The zero-order valence-electron chi connectivity index (χ0n) is 9.00. The first-order valence-corrected chi connectivity index (χ1v) is 5.76. The van der Waals surface area contributed by atoms with Gasteiger partial charge in [-0.15, -0.1) is 0 Å². The molecular formula is C12H8BrF3N2. The largest absolute Gasteiger partial charge is 0.416 e. The number of nitrogens with two attached hydrogens (primary N) is 1. The lowest BCUT2D eigenvalue weighted by molar-refractivity contribution is -0.137. The molecule has 1 aromatic heterocycles. The molecule has 2 aromatic rings. The van der Waals surface area contributed by atoms with Gasteiger partial charge in [0, 0.05) is 17.4 Å².